The van der Waals surface area contributed by atoms with E-state index in [-0.39, 0.29) is 22.2 Å². The van der Waals surface area contributed by atoms with Crippen molar-refractivity contribution in [3.63, 3.8) is 0 Å². The monoisotopic (exact) mass is 333 g/mol. The standard InChI is InChI=1S/C22H23NO2/c1-20-8-7-15-14-5-4-13(25-2)9-12(14)3-6-16(15)22(20)10-21(11-23)17(18(21)22)19(20)24/h4-5,9,15-18H,3,6-8,10H2,1-2H3/t15-,16-,17?,18?,20-,21-,22+/m1/s1. The summed E-state index contributed by atoms with van der Waals surface area (Å²) >= 11 is 0. The van der Waals surface area contributed by atoms with Crippen molar-refractivity contribution in [2.75, 3.05) is 7.11 Å². The largest absolute Gasteiger partial charge is 0.497 e. The Morgan fingerprint density at radius 1 is 1.32 bits per heavy atom. The maximum absolute atomic E-state index is 13.1. The molecular weight excluding hydrogens is 310 g/mol. The van der Waals surface area contributed by atoms with Gasteiger partial charge in [-0.1, -0.05) is 13.0 Å². The fourth-order valence-corrected chi connectivity index (χ4v) is 8.11. The van der Waals surface area contributed by atoms with Crippen molar-refractivity contribution in [2.24, 2.45) is 34.0 Å². The van der Waals surface area contributed by atoms with E-state index in [9.17, 15) is 10.1 Å². The first-order valence-corrected chi connectivity index (χ1v) is 9.66. The minimum atomic E-state index is -0.265. The summed E-state index contributed by atoms with van der Waals surface area (Å²) < 4.78 is 5.41. The molecule has 1 aromatic carbocycles. The van der Waals surface area contributed by atoms with Crippen LogP contribution in [0.25, 0.3) is 0 Å². The van der Waals surface area contributed by atoms with Crippen LogP contribution in [0.15, 0.2) is 18.2 Å². The molecular formula is C22H23NO2. The summed E-state index contributed by atoms with van der Waals surface area (Å²) in [7, 11) is 1.73. The van der Waals surface area contributed by atoms with Gasteiger partial charge in [-0.05, 0) is 78.5 Å². The first kappa shape index (κ1) is 14.4. The summed E-state index contributed by atoms with van der Waals surface area (Å²) in [4.78, 5) is 13.1. The number of carbonyl (C=O) groups is 1. The normalized spacial score (nSPS) is 50.5. The average Bonchev–Trinajstić information content (AvgIpc) is 3.13. The molecule has 3 nitrogen and oxygen atoms in total. The fraction of sp³-hybridized carbons (Fsp3) is 0.636. The molecule has 0 N–H and O–H groups in total. The summed E-state index contributed by atoms with van der Waals surface area (Å²) in [6.07, 6.45) is 5.36. The Labute approximate surface area is 148 Å². The van der Waals surface area contributed by atoms with Crippen LogP contribution in [0.4, 0.5) is 0 Å². The molecule has 1 aromatic rings. The molecule has 3 heteroatoms. The lowest BCUT2D eigenvalue weighted by Gasteiger charge is -2.64. The van der Waals surface area contributed by atoms with Gasteiger partial charge in [0.1, 0.15) is 11.5 Å². The van der Waals surface area contributed by atoms with Gasteiger partial charge in [-0.25, -0.2) is 0 Å². The van der Waals surface area contributed by atoms with E-state index in [1.54, 1.807) is 7.11 Å². The Bertz CT molecular complexity index is 885. The van der Waals surface area contributed by atoms with Crippen molar-refractivity contribution >= 4 is 5.78 Å². The predicted octanol–water partition coefficient (Wildman–Crippen LogP) is 3.87. The highest BCUT2D eigenvalue weighted by Crippen LogP contribution is 2.94. The summed E-state index contributed by atoms with van der Waals surface area (Å²) in [6, 6.07) is 9.11. The lowest BCUT2D eigenvalue weighted by Crippen LogP contribution is -2.62. The van der Waals surface area contributed by atoms with E-state index >= 15 is 0 Å². The number of hydrogen-bond donors (Lipinski definition) is 0. The third kappa shape index (κ3) is 1.22. The van der Waals surface area contributed by atoms with Gasteiger partial charge >= 0.3 is 0 Å². The SMILES string of the molecule is COc1ccc2c(c1)CC[C@@H]1[C@@H]2CC[C@]2(C)C(=O)C3C4[C@@]3(C#N)C[C@@]412. The maximum atomic E-state index is 13.1. The molecule has 4 saturated carbocycles. The number of carbonyl (C=O) groups excluding carboxylic acids is 1. The highest BCUT2D eigenvalue weighted by molar-refractivity contribution is 5.98. The third-order valence-electron chi connectivity index (χ3n) is 9.11. The van der Waals surface area contributed by atoms with E-state index in [0.717, 1.165) is 31.4 Å². The molecule has 7 atom stereocenters. The van der Waals surface area contributed by atoms with Crippen molar-refractivity contribution < 1.29 is 9.53 Å². The number of Topliss-reactive ketones (excluding diaryl/α,β-unsaturated/α-hetero) is 1. The summed E-state index contributed by atoms with van der Waals surface area (Å²) in [5, 5.41) is 9.69. The van der Waals surface area contributed by atoms with E-state index in [1.165, 1.54) is 17.5 Å². The van der Waals surface area contributed by atoms with Crippen LogP contribution in [0.2, 0.25) is 0 Å². The van der Waals surface area contributed by atoms with E-state index in [2.05, 4.69) is 31.2 Å². The molecule has 0 bridgehead atoms. The summed E-state index contributed by atoms with van der Waals surface area (Å²) in [5.74, 6) is 2.96. The number of nitrogens with zero attached hydrogens (tertiary/aromatic N) is 1. The third-order valence-corrected chi connectivity index (χ3v) is 9.11. The van der Waals surface area contributed by atoms with E-state index in [4.69, 9.17) is 4.74 Å². The van der Waals surface area contributed by atoms with Gasteiger partial charge in [0.15, 0.2) is 0 Å². The number of nitriles is 1. The van der Waals surface area contributed by atoms with Gasteiger partial charge < -0.3 is 4.74 Å². The second-order valence-electron chi connectivity index (χ2n) is 9.38. The molecule has 2 unspecified atom stereocenters. The molecule has 6 rings (SSSR count). The van der Waals surface area contributed by atoms with Crippen LogP contribution < -0.4 is 4.74 Å². The minimum Gasteiger partial charge on any atom is -0.497 e. The van der Waals surface area contributed by atoms with Crippen LogP contribution in [0.3, 0.4) is 0 Å². The van der Waals surface area contributed by atoms with Gasteiger partial charge in [0.25, 0.3) is 0 Å². The Kier molecular flexibility index (Phi) is 2.27. The fourth-order valence-electron chi connectivity index (χ4n) is 8.11. The van der Waals surface area contributed by atoms with Crippen LogP contribution >= 0.6 is 0 Å². The van der Waals surface area contributed by atoms with Crippen molar-refractivity contribution in [3.8, 4) is 11.8 Å². The molecule has 5 aliphatic rings. The van der Waals surface area contributed by atoms with Crippen molar-refractivity contribution in [2.45, 2.75) is 44.9 Å². The topological polar surface area (TPSA) is 50.1 Å². The molecule has 128 valence electrons. The van der Waals surface area contributed by atoms with Crippen molar-refractivity contribution in [1.29, 1.82) is 5.26 Å². The van der Waals surface area contributed by atoms with Gasteiger partial charge in [0, 0.05) is 11.3 Å². The van der Waals surface area contributed by atoms with Gasteiger partial charge in [-0.3, -0.25) is 4.79 Å². The molecule has 0 heterocycles. The lowest BCUT2D eigenvalue weighted by atomic mass is 9.37. The van der Waals surface area contributed by atoms with Crippen LogP contribution in [-0.4, -0.2) is 12.9 Å². The van der Waals surface area contributed by atoms with Crippen molar-refractivity contribution in [3.05, 3.63) is 29.3 Å². The first-order valence-electron chi connectivity index (χ1n) is 9.66. The number of hydrogen-bond acceptors (Lipinski definition) is 3. The van der Waals surface area contributed by atoms with Gasteiger partial charge in [0.05, 0.1) is 18.6 Å². The molecule has 25 heavy (non-hydrogen) atoms. The maximum Gasteiger partial charge on any atom is 0.144 e. The zero-order valence-electron chi connectivity index (χ0n) is 14.8. The first-order chi connectivity index (χ1) is 12.0. The number of aryl methyl sites for hydroxylation is 1. The Morgan fingerprint density at radius 3 is 2.92 bits per heavy atom. The molecule has 0 amide bonds. The van der Waals surface area contributed by atoms with E-state index in [1.807, 2.05) is 0 Å². The van der Waals surface area contributed by atoms with Gasteiger partial charge in [-0.15, -0.1) is 0 Å². The number of methoxy groups -OCH3 is 1. The van der Waals surface area contributed by atoms with Crippen LogP contribution in [0.5, 0.6) is 5.75 Å². The molecule has 5 aliphatic carbocycles. The second kappa shape index (κ2) is 3.95. The Morgan fingerprint density at radius 2 is 2.16 bits per heavy atom. The molecule has 0 radical (unpaired) electrons. The predicted molar refractivity (Wildman–Crippen MR) is 92.0 cm³/mol. The number of ketones is 1. The van der Waals surface area contributed by atoms with Crippen LogP contribution in [-0.2, 0) is 11.2 Å². The van der Waals surface area contributed by atoms with Gasteiger partial charge in [-0.2, -0.15) is 5.26 Å². The number of benzene rings is 1. The van der Waals surface area contributed by atoms with Crippen LogP contribution in [0, 0.1) is 45.3 Å². The van der Waals surface area contributed by atoms with Gasteiger partial charge in [0.2, 0.25) is 0 Å². The minimum absolute atomic E-state index is 0.0681. The van der Waals surface area contributed by atoms with Crippen molar-refractivity contribution in [1.82, 2.24) is 0 Å². The number of fused-ring (bicyclic) bond motifs is 4. The molecule has 0 aromatic heterocycles. The zero-order valence-corrected chi connectivity index (χ0v) is 14.8. The lowest BCUT2D eigenvalue weighted by molar-refractivity contribution is -0.169. The highest BCUT2D eigenvalue weighted by atomic mass is 16.5. The number of ether oxygens (including phenoxy) is 1. The Hall–Kier alpha value is -1.82. The van der Waals surface area contributed by atoms with E-state index in [0.29, 0.717) is 23.5 Å². The second-order valence-corrected chi connectivity index (χ2v) is 9.38. The molecule has 4 fully saturated rings. The summed E-state index contributed by atoms with van der Waals surface area (Å²) in [6.45, 7) is 2.24. The zero-order chi connectivity index (χ0) is 17.2. The van der Waals surface area contributed by atoms with Crippen LogP contribution in [0.1, 0.15) is 49.7 Å². The molecule has 0 aliphatic heterocycles. The summed E-state index contributed by atoms with van der Waals surface area (Å²) in [5.41, 5.74) is 2.61. The van der Waals surface area contributed by atoms with E-state index < -0.39 is 0 Å². The smallest absolute Gasteiger partial charge is 0.144 e. The Balaban J connectivity index is 1.46. The average molecular weight is 333 g/mol. The number of rotatable bonds is 1. The highest BCUT2D eigenvalue weighted by Gasteiger charge is 2.95. The quantitative estimate of drug-likeness (QED) is 0.784. The molecule has 0 saturated heterocycles. The molecule has 1 spiro atoms.